The minimum Gasteiger partial charge on any atom is -0.462 e. The summed E-state index contributed by atoms with van der Waals surface area (Å²) in [5.41, 5.74) is 0. The lowest BCUT2D eigenvalue weighted by Gasteiger charge is -2.21. The highest BCUT2D eigenvalue weighted by Gasteiger charge is 2.30. The number of carbonyl (C=O) groups is 4. The van der Waals surface area contributed by atoms with E-state index in [0.29, 0.717) is 25.7 Å². The first-order valence-electron chi connectivity index (χ1n) is 44.6. The Hall–Kier alpha value is -1.94. The molecule has 3 N–H and O–H groups in total. The fourth-order valence-corrected chi connectivity index (χ4v) is 14.9. The van der Waals surface area contributed by atoms with Gasteiger partial charge in [0.25, 0.3) is 0 Å². The topological polar surface area (TPSA) is 237 Å². The molecule has 0 aromatic rings. The van der Waals surface area contributed by atoms with Crippen molar-refractivity contribution in [1.29, 1.82) is 0 Å². The molecule has 0 rings (SSSR count). The van der Waals surface area contributed by atoms with E-state index >= 15 is 0 Å². The van der Waals surface area contributed by atoms with Crippen LogP contribution >= 0.6 is 15.6 Å². The van der Waals surface area contributed by atoms with Crippen LogP contribution in [0.15, 0.2) is 0 Å². The number of ether oxygens (including phenoxy) is 4. The number of phosphoric acid groups is 2. The second-order valence-corrected chi connectivity index (χ2v) is 34.3. The van der Waals surface area contributed by atoms with Gasteiger partial charge in [0.05, 0.1) is 26.4 Å². The van der Waals surface area contributed by atoms with Crippen LogP contribution in [0.3, 0.4) is 0 Å². The van der Waals surface area contributed by atoms with Gasteiger partial charge in [-0.05, 0) is 37.5 Å². The molecule has 0 saturated heterocycles. The summed E-state index contributed by atoms with van der Waals surface area (Å²) >= 11 is 0. The molecule has 0 aliphatic carbocycles. The van der Waals surface area contributed by atoms with Crippen molar-refractivity contribution in [3.63, 3.8) is 0 Å². The maximum Gasteiger partial charge on any atom is 0.472 e. The summed E-state index contributed by atoms with van der Waals surface area (Å²) in [6.45, 7) is 9.73. The maximum atomic E-state index is 13.2. The normalized spacial score (nSPS) is 14.3. The average Bonchev–Trinajstić information content (AvgIpc) is 0.905. The Morgan fingerprint density at radius 1 is 0.267 bits per heavy atom. The molecule has 19 heteroatoms. The third-order valence-corrected chi connectivity index (χ3v) is 22.8. The quantitative estimate of drug-likeness (QED) is 0.0222. The molecule has 0 aromatic carbocycles. The molecule has 0 heterocycles. The molecular weight excluding hydrogens is 1370 g/mol. The van der Waals surface area contributed by atoms with Gasteiger partial charge in [0.2, 0.25) is 0 Å². The number of rotatable bonds is 85. The van der Waals surface area contributed by atoms with Crippen LogP contribution in [0.4, 0.5) is 0 Å². The van der Waals surface area contributed by atoms with E-state index in [0.717, 1.165) is 102 Å². The number of aliphatic hydroxyl groups excluding tert-OH is 1. The Bertz CT molecular complexity index is 2010. The molecule has 0 aliphatic rings. The molecule has 7 atom stereocenters. The van der Waals surface area contributed by atoms with E-state index in [2.05, 4.69) is 41.5 Å². The van der Waals surface area contributed by atoms with Crippen LogP contribution < -0.4 is 0 Å². The van der Waals surface area contributed by atoms with Crippen molar-refractivity contribution in [1.82, 2.24) is 0 Å². The zero-order chi connectivity index (χ0) is 77.1. The van der Waals surface area contributed by atoms with Gasteiger partial charge in [-0.25, -0.2) is 9.13 Å². The van der Waals surface area contributed by atoms with Crippen LogP contribution in [0, 0.1) is 11.8 Å². The van der Waals surface area contributed by atoms with Gasteiger partial charge in [-0.1, -0.05) is 408 Å². The second kappa shape index (κ2) is 77.4. The zero-order valence-electron chi connectivity index (χ0n) is 69.0. The number of esters is 4. The summed E-state index contributed by atoms with van der Waals surface area (Å²) in [7, 11) is -9.93. The van der Waals surface area contributed by atoms with E-state index in [1.165, 1.54) is 276 Å². The molecule has 0 radical (unpaired) electrons. The molecular formula is C86H168O17P2. The van der Waals surface area contributed by atoms with Gasteiger partial charge in [0.15, 0.2) is 12.2 Å². The van der Waals surface area contributed by atoms with Crippen LogP contribution in [-0.4, -0.2) is 96.7 Å². The summed E-state index contributed by atoms with van der Waals surface area (Å²) in [6, 6.07) is 0. The molecule has 0 bridgehead atoms. The van der Waals surface area contributed by atoms with Crippen LogP contribution in [0.25, 0.3) is 0 Å². The molecule has 0 aromatic heterocycles. The number of aliphatic hydroxyl groups is 1. The van der Waals surface area contributed by atoms with Gasteiger partial charge in [0, 0.05) is 25.7 Å². The van der Waals surface area contributed by atoms with Crippen molar-refractivity contribution in [3.8, 4) is 0 Å². The monoisotopic (exact) mass is 1540 g/mol. The van der Waals surface area contributed by atoms with Gasteiger partial charge >= 0.3 is 39.5 Å². The minimum absolute atomic E-state index is 0.108. The lowest BCUT2D eigenvalue weighted by molar-refractivity contribution is -0.161. The van der Waals surface area contributed by atoms with Crippen LogP contribution in [0.2, 0.25) is 0 Å². The fourth-order valence-electron chi connectivity index (χ4n) is 13.4. The first kappa shape index (κ1) is 103. The Labute approximate surface area is 645 Å². The molecule has 0 saturated carbocycles. The largest absolute Gasteiger partial charge is 0.472 e. The Balaban J connectivity index is 5.25. The third kappa shape index (κ3) is 77.2. The van der Waals surface area contributed by atoms with E-state index in [1.807, 2.05) is 0 Å². The van der Waals surface area contributed by atoms with Gasteiger partial charge in [-0.2, -0.15) is 0 Å². The molecule has 0 fully saturated rings. The van der Waals surface area contributed by atoms with Crippen molar-refractivity contribution in [2.45, 2.75) is 477 Å². The van der Waals surface area contributed by atoms with Gasteiger partial charge in [-0.15, -0.1) is 0 Å². The van der Waals surface area contributed by atoms with E-state index in [9.17, 15) is 43.2 Å². The lowest BCUT2D eigenvalue weighted by Crippen LogP contribution is -2.30. The summed E-state index contributed by atoms with van der Waals surface area (Å²) in [5.74, 6) is -0.474. The average molecular weight is 1540 g/mol. The Morgan fingerprint density at radius 3 is 0.676 bits per heavy atom. The van der Waals surface area contributed by atoms with Gasteiger partial charge in [-0.3, -0.25) is 37.3 Å². The number of hydrogen-bond acceptors (Lipinski definition) is 15. The van der Waals surface area contributed by atoms with Crippen molar-refractivity contribution in [2.24, 2.45) is 11.8 Å². The highest BCUT2D eigenvalue weighted by molar-refractivity contribution is 7.47. The Morgan fingerprint density at radius 2 is 0.457 bits per heavy atom. The highest BCUT2D eigenvalue weighted by atomic mass is 31.2. The molecule has 0 spiro atoms. The summed E-state index contributed by atoms with van der Waals surface area (Å²) in [6.07, 6.45) is 69.3. The molecule has 105 heavy (non-hydrogen) atoms. The smallest absolute Gasteiger partial charge is 0.462 e. The fraction of sp³-hybridized carbons (Fsp3) is 0.953. The van der Waals surface area contributed by atoms with Crippen LogP contribution in [0.5, 0.6) is 0 Å². The molecule has 624 valence electrons. The SMILES string of the molecule is CCCCCCCCCCCCCCCCCCCCCCCC(=O)O[C@H](COC(=O)CCCCCCCCCCCCCCCCC(C)CC)COP(=O)(O)OC[C@@H](O)COP(=O)(O)OC[C@@H](COC(=O)CCCCCCCCCCC(C)CC)OC(=O)CCCCCCCCCCCCCCCC. The first-order valence-corrected chi connectivity index (χ1v) is 47.6. The van der Waals surface area contributed by atoms with Crippen molar-refractivity contribution in [3.05, 3.63) is 0 Å². The minimum atomic E-state index is -4.97. The van der Waals surface area contributed by atoms with E-state index in [4.69, 9.17) is 37.0 Å². The number of carbonyl (C=O) groups excluding carboxylic acids is 4. The Kier molecular flexibility index (Phi) is 76.0. The summed E-state index contributed by atoms with van der Waals surface area (Å²) in [5, 5.41) is 10.7. The van der Waals surface area contributed by atoms with Crippen LogP contribution in [-0.2, 0) is 65.4 Å². The lowest BCUT2D eigenvalue weighted by atomic mass is 9.99. The molecule has 17 nitrogen and oxygen atoms in total. The summed E-state index contributed by atoms with van der Waals surface area (Å²) in [4.78, 5) is 73.2. The van der Waals surface area contributed by atoms with Crippen molar-refractivity contribution >= 4 is 39.5 Å². The second-order valence-electron chi connectivity index (χ2n) is 31.4. The number of hydrogen-bond donors (Lipinski definition) is 3. The maximum absolute atomic E-state index is 13.2. The van der Waals surface area contributed by atoms with E-state index in [-0.39, 0.29) is 25.7 Å². The zero-order valence-corrected chi connectivity index (χ0v) is 70.8. The van der Waals surface area contributed by atoms with Crippen molar-refractivity contribution < 1.29 is 80.2 Å². The van der Waals surface area contributed by atoms with Crippen molar-refractivity contribution in [2.75, 3.05) is 39.6 Å². The summed E-state index contributed by atoms with van der Waals surface area (Å²) < 4.78 is 68.9. The van der Waals surface area contributed by atoms with E-state index in [1.54, 1.807) is 0 Å². The molecule has 4 unspecified atom stereocenters. The highest BCUT2D eigenvalue weighted by Crippen LogP contribution is 2.45. The van der Waals surface area contributed by atoms with E-state index < -0.39 is 97.5 Å². The first-order chi connectivity index (χ1) is 50.9. The number of unbranched alkanes of at least 4 members (excludes halogenated alkanes) is 53. The predicted molar refractivity (Wildman–Crippen MR) is 432 cm³/mol. The van der Waals surface area contributed by atoms with Gasteiger partial charge in [0.1, 0.15) is 19.3 Å². The van der Waals surface area contributed by atoms with Gasteiger partial charge < -0.3 is 33.8 Å². The molecule has 0 amide bonds. The standard InChI is InChI=1S/C86H168O17P2/c1-7-11-13-15-17-19-21-23-25-26-27-28-29-30-31-37-41-45-53-59-65-71-86(91)102-81(74-96-83(88)68-62-56-50-43-39-36-33-32-34-38-42-48-54-60-66-78(5)9-3)76-100-104(92,93)98-72-80(87)73-99-105(94,95)101-77-82(75-97-84(89)69-63-57-51-47-46-49-55-61-67-79(6)10-4)103-85(90)70-64-58-52-44-40-35-24-22-20-18-16-14-12-8-2/h78-82,87H,7-77H2,1-6H3,(H,92,93)(H,94,95)/t78?,79?,80-,81-,82-/m1/s1. The number of phosphoric ester groups is 2. The predicted octanol–water partition coefficient (Wildman–Crippen LogP) is 26.2. The third-order valence-electron chi connectivity index (χ3n) is 20.9. The van der Waals surface area contributed by atoms with Crippen LogP contribution in [0.1, 0.15) is 459 Å². The molecule has 0 aliphatic heterocycles.